The summed E-state index contributed by atoms with van der Waals surface area (Å²) < 4.78 is 5.26. The van der Waals surface area contributed by atoms with Crippen molar-refractivity contribution in [1.29, 1.82) is 0 Å². The molecule has 0 bridgehead atoms. The SMILES string of the molecule is CCN(CCO)N1C(Cc2ccccc2)=NC2(CC)C1C(=O)N(CCCOC)C(=O)N2CCc1ccccc1NC(=O)CCCCCN. The number of amides is 4. The second-order valence-corrected chi connectivity index (χ2v) is 12.3. The van der Waals surface area contributed by atoms with Crippen LogP contribution in [0.25, 0.3) is 0 Å². The van der Waals surface area contributed by atoms with Crippen molar-refractivity contribution in [3.63, 3.8) is 0 Å². The smallest absolute Gasteiger partial charge is 0.328 e. The highest BCUT2D eigenvalue weighted by atomic mass is 16.5. The molecule has 2 aliphatic heterocycles. The van der Waals surface area contributed by atoms with Gasteiger partial charge in [0.05, 0.1) is 6.61 Å². The molecule has 2 aliphatic rings. The zero-order valence-electron chi connectivity index (χ0n) is 28.8. The molecule has 0 aromatic heterocycles. The number of aliphatic hydroxyl groups excluding tert-OH is 1. The van der Waals surface area contributed by atoms with E-state index in [-0.39, 0.29) is 37.5 Å². The number of amidine groups is 1. The first kappa shape index (κ1) is 37.0. The number of hydrogen-bond acceptors (Lipinski definition) is 9. The number of benzene rings is 2. The predicted octanol–water partition coefficient (Wildman–Crippen LogP) is 3.65. The van der Waals surface area contributed by atoms with Crippen molar-refractivity contribution in [2.24, 2.45) is 10.7 Å². The van der Waals surface area contributed by atoms with Gasteiger partial charge in [0, 0.05) is 58.4 Å². The first-order valence-electron chi connectivity index (χ1n) is 17.3. The summed E-state index contributed by atoms with van der Waals surface area (Å²) in [6, 6.07) is 16.4. The van der Waals surface area contributed by atoms with Crippen molar-refractivity contribution >= 4 is 29.4 Å². The zero-order valence-corrected chi connectivity index (χ0v) is 28.8. The minimum Gasteiger partial charge on any atom is -0.395 e. The van der Waals surface area contributed by atoms with Crippen molar-refractivity contribution in [2.45, 2.75) is 76.9 Å². The monoisotopic (exact) mass is 663 g/mol. The number of nitrogens with one attached hydrogen (secondary N) is 1. The van der Waals surface area contributed by atoms with Crippen molar-refractivity contribution < 1.29 is 24.2 Å². The molecule has 2 aromatic carbocycles. The lowest BCUT2D eigenvalue weighted by atomic mass is 9.91. The van der Waals surface area contributed by atoms with Gasteiger partial charge in [-0.3, -0.25) is 24.4 Å². The molecule has 4 N–H and O–H groups in total. The Bertz CT molecular complexity index is 1390. The summed E-state index contributed by atoms with van der Waals surface area (Å²) in [5.74, 6) is 0.314. The van der Waals surface area contributed by atoms with Crippen LogP contribution >= 0.6 is 0 Å². The maximum atomic E-state index is 14.5. The number of likely N-dealkylation sites (N-methyl/N-ethyl adjacent to an activating group) is 1. The molecule has 1 fully saturated rings. The van der Waals surface area contributed by atoms with Gasteiger partial charge in [0.2, 0.25) is 5.91 Å². The fraction of sp³-hybridized carbons (Fsp3) is 0.556. The predicted molar refractivity (Wildman–Crippen MR) is 187 cm³/mol. The fourth-order valence-electron chi connectivity index (χ4n) is 6.74. The summed E-state index contributed by atoms with van der Waals surface area (Å²) in [7, 11) is 1.60. The summed E-state index contributed by atoms with van der Waals surface area (Å²) >= 11 is 0. The number of methoxy groups -OCH3 is 1. The molecule has 12 heteroatoms. The number of anilines is 1. The highest BCUT2D eigenvalue weighted by Crippen LogP contribution is 2.42. The van der Waals surface area contributed by atoms with Gasteiger partial charge in [0.1, 0.15) is 5.84 Å². The number of unbranched alkanes of at least 4 members (excludes halogenated alkanes) is 2. The molecular formula is C36H53N7O5. The number of fused-ring (bicyclic) bond motifs is 1. The number of nitrogens with zero attached hydrogens (tertiary/aromatic N) is 5. The number of nitrogens with two attached hydrogens (primary N) is 1. The zero-order chi connectivity index (χ0) is 34.5. The first-order valence-corrected chi connectivity index (χ1v) is 17.3. The van der Waals surface area contributed by atoms with Crippen molar-refractivity contribution in [2.75, 3.05) is 58.4 Å². The normalized spacial score (nSPS) is 19.2. The van der Waals surface area contributed by atoms with E-state index in [0.29, 0.717) is 69.9 Å². The highest BCUT2D eigenvalue weighted by molar-refractivity contribution is 6.05. The lowest BCUT2D eigenvalue weighted by Crippen LogP contribution is -2.74. The summed E-state index contributed by atoms with van der Waals surface area (Å²) in [5, 5.41) is 17.0. The molecule has 12 nitrogen and oxygen atoms in total. The van der Waals surface area contributed by atoms with E-state index in [0.717, 1.165) is 30.4 Å². The second-order valence-electron chi connectivity index (χ2n) is 12.3. The third kappa shape index (κ3) is 8.41. The van der Waals surface area contributed by atoms with Gasteiger partial charge >= 0.3 is 6.03 Å². The number of para-hydroxylation sites is 1. The molecule has 0 saturated carbocycles. The van der Waals surface area contributed by atoms with Crippen LogP contribution in [0.15, 0.2) is 59.6 Å². The molecule has 2 heterocycles. The fourth-order valence-corrected chi connectivity index (χ4v) is 6.74. The van der Waals surface area contributed by atoms with Crippen LogP contribution in [-0.4, -0.2) is 113 Å². The topological polar surface area (TPSA) is 144 Å². The molecule has 2 aromatic rings. The molecule has 4 rings (SSSR count). The number of aliphatic imine (C=N–C) groups is 1. The number of imide groups is 1. The van der Waals surface area contributed by atoms with E-state index in [1.54, 1.807) is 12.0 Å². The van der Waals surface area contributed by atoms with Gasteiger partial charge in [-0.1, -0.05) is 68.8 Å². The summed E-state index contributed by atoms with van der Waals surface area (Å²) in [5.41, 5.74) is 7.06. The van der Waals surface area contributed by atoms with E-state index in [4.69, 9.17) is 15.5 Å². The number of hydrogen-bond donors (Lipinski definition) is 3. The van der Waals surface area contributed by atoms with Gasteiger partial charge in [-0.15, -0.1) is 0 Å². The van der Waals surface area contributed by atoms with Gasteiger partial charge in [-0.25, -0.2) is 14.8 Å². The van der Waals surface area contributed by atoms with Crippen LogP contribution in [0, 0.1) is 0 Å². The van der Waals surface area contributed by atoms with Crippen LogP contribution in [0.1, 0.15) is 63.5 Å². The third-order valence-corrected chi connectivity index (χ3v) is 9.19. The molecule has 262 valence electrons. The van der Waals surface area contributed by atoms with Crippen LogP contribution in [-0.2, 0) is 27.2 Å². The number of ether oxygens (including phenoxy) is 1. The second kappa shape index (κ2) is 18.1. The maximum Gasteiger partial charge on any atom is 0.328 e. The minimum atomic E-state index is -1.17. The van der Waals surface area contributed by atoms with E-state index in [2.05, 4.69) is 5.32 Å². The minimum absolute atomic E-state index is 0.0568. The van der Waals surface area contributed by atoms with Gasteiger partial charge in [0.15, 0.2) is 11.7 Å². The average molecular weight is 664 g/mol. The molecule has 0 spiro atoms. The standard InChI is InChI=1S/C36H53N7O5/c1-4-36-33(43(40(5-2)24-25-44)31(39-36)27-28-15-8-6-9-16-28)34(46)41(22-14-26-48-3)35(47)42(36)23-20-29-17-11-12-18-30(29)38-32(45)19-10-7-13-21-37/h6,8-9,11-12,15-18,33,44H,4-5,7,10,13-14,19-27,37H2,1-3H3,(H,38,45). The third-order valence-electron chi connectivity index (χ3n) is 9.19. The number of carbonyl (C=O) groups excluding carboxylic acids is 3. The Morgan fingerprint density at radius 3 is 2.48 bits per heavy atom. The quantitative estimate of drug-likeness (QED) is 0.182. The Morgan fingerprint density at radius 1 is 1.04 bits per heavy atom. The molecule has 2 atom stereocenters. The highest BCUT2D eigenvalue weighted by Gasteiger charge is 2.62. The largest absolute Gasteiger partial charge is 0.395 e. The van der Waals surface area contributed by atoms with E-state index in [9.17, 15) is 19.5 Å². The number of rotatable bonds is 20. The van der Waals surface area contributed by atoms with Crippen molar-refractivity contribution in [3.8, 4) is 0 Å². The van der Waals surface area contributed by atoms with Gasteiger partial charge in [-0.2, -0.15) is 0 Å². The Kier molecular flexibility index (Phi) is 13.9. The molecule has 2 unspecified atom stereocenters. The van der Waals surface area contributed by atoms with Crippen LogP contribution in [0.2, 0.25) is 0 Å². The lowest BCUT2D eigenvalue weighted by molar-refractivity contribution is -0.151. The van der Waals surface area contributed by atoms with Crippen molar-refractivity contribution in [3.05, 3.63) is 65.7 Å². The molecule has 0 radical (unpaired) electrons. The van der Waals surface area contributed by atoms with Crippen LogP contribution in [0.4, 0.5) is 10.5 Å². The molecule has 4 amide bonds. The Labute approximate surface area is 284 Å². The van der Waals surface area contributed by atoms with Crippen LogP contribution in [0.3, 0.4) is 0 Å². The van der Waals surface area contributed by atoms with Crippen molar-refractivity contribution in [1.82, 2.24) is 19.8 Å². The van der Waals surface area contributed by atoms with Gasteiger partial charge in [-0.05, 0) is 55.8 Å². The Hall–Kier alpha value is -3.84. The van der Waals surface area contributed by atoms with E-state index in [1.165, 1.54) is 4.90 Å². The average Bonchev–Trinajstić information content (AvgIpc) is 3.42. The number of aliphatic hydroxyl groups is 1. The molecule has 1 saturated heterocycles. The molecule has 48 heavy (non-hydrogen) atoms. The Morgan fingerprint density at radius 2 is 1.79 bits per heavy atom. The van der Waals surface area contributed by atoms with E-state index < -0.39 is 11.7 Å². The van der Waals surface area contributed by atoms with E-state index in [1.807, 2.05) is 78.5 Å². The molecular weight excluding hydrogens is 610 g/mol. The Balaban J connectivity index is 1.71. The molecule has 0 aliphatic carbocycles. The van der Waals surface area contributed by atoms with Crippen LogP contribution in [0.5, 0.6) is 0 Å². The van der Waals surface area contributed by atoms with Gasteiger partial charge < -0.3 is 20.9 Å². The summed E-state index contributed by atoms with van der Waals surface area (Å²) in [6.07, 6.45) is 4.79. The summed E-state index contributed by atoms with van der Waals surface area (Å²) in [6.45, 7) is 6.21. The number of carbonyl (C=O) groups is 3. The lowest BCUT2D eigenvalue weighted by Gasteiger charge is -2.51. The maximum absolute atomic E-state index is 14.5. The number of urea groups is 1. The first-order chi connectivity index (χ1) is 23.3. The van der Waals surface area contributed by atoms with E-state index >= 15 is 0 Å². The summed E-state index contributed by atoms with van der Waals surface area (Å²) in [4.78, 5) is 50.1. The van der Waals surface area contributed by atoms with Gasteiger partial charge in [0.25, 0.3) is 5.91 Å². The number of hydrazine groups is 1. The van der Waals surface area contributed by atoms with Crippen LogP contribution < -0.4 is 11.1 Å².